The fourth-order valence-electron chi connectivity index (χ4n) is 12.2. The molecule has 34 heteroatoms. The highest BCUT2D eigenvalue weighted by Crippen LogP contribution is 2.31. The average Bonchev–Trinajstić information content (AvgIpc) is 1.62. The van der Waals surface area contributed by atoms with Crippen molar-refractivity contribution < 1.29 is 52.6 Å². The van der Waals surface area contributed by atoms with Crippen LogP contribution in [0.4, 0.5) is 48.0 Å². The zero-order valence-electron chi connectivity index (χ0n) is 55.4. The van der Waals surface area contributed by atoms with E-state index in [2.05, 4.69) is 63.8 Å². The number of piperazine rings is 2. The van der Waals surface area contributed by atoms with Crippen LogP contribution >= 0.6 is 46.1 Å². The second kappa shape index (κ2) is 32.1. The van der Waals surface area contributed by atoms with E-state index in [4.69, 9.17) is 23.2 Å². The van der Waals surface area contributed by atoms with E-state index in [-0.39, 0.29) is 76.5 Å². The maximum absolute atomic E-state index is 14.0. The Labute approximate surface area is 621 Å². The number of aromatic nitrogens is 7. The third-order valence-electron chi connectivity index (χ3n) is 17.6. The number of urea groups is 1. The van der Waals surface area contributed by atoms with Gasteiger partial charge < -0.3 is 44.3 Å². The van der Waals surface area contributed by atoms with Crippen molar-refractivity contribution in [2.75, 3.05) is 93.1 Å². The van der Waals surface area contributed by atoms with Gasteiger partial charge >= 0.3 is 6.03 Å². The Morgan fingerprint density at radius 1 is 0.621 bits per heavy atom. The van der Waals surface area contributed by atoms with Gasteiger partial charge in [-0.15, -0.1) is 11.3 Å². The zero-order chi connectivity index (χ0) is 72.4. The SMILES string of the molecule is C[C@@H]1CN(c2ccc(S(=O)(=O)Nc3ncns3)cc2)CCN1C(=O)Cn1ccc2cccc(Cl)c21.C[C@H](C(=O)NC1CCN(c2ccc(S(=O)(=O)Nc3nccs3)cc2)CC1)n1ccc2c(F)cccc21.O=C(Nc1ccccc1Cl)N1CCN(c2ccc(S(=O)(=O)Nc3ccncn3)cc2)CC1.[HH].[HH].[HH].[HH].[HH].[HH]. The largest absolute Gasteiger partial charge is 0.371 e. The summed E-state index contributed by atoms with van der Waals surface area (Å²) in [4.78, 5) is 64.6. The lowest BCUT2D eigenvalue weighted by Crippen LogP contribution is -2.54. The monoisotopic (exact) mass is 1540 g/mol. The molecule has 3 saturated heterocycles. The standard InChI is InChI=1S/C25H26FN5O3S2.C23H23ClN6O3S2.C21H21ClN6O3S.6H2/c1-17(31-15-11-21-22(26)3-2-4-23(21)31)24(32)28-18-9-13-30(14-10-18)19-5-7-20(8-6-19)36(33,34)29-25-27-12-16-35-25;1-16-13-28(18-5-7-19(8-6-18)35(32,33)27-23-25-15-26-34-23)11-12-30(16)21(31)14-29-10-9-17-3-2-4-20(24)22(17)29;22-18-3-1-2-4-19(18)25-21(29)28-13-11-27(12-14-28)16-5-7-17(8-6-16)32(30,31)26-20-9-10-23-15-24-20;;;;;;/h2-8,11-12,15-18H,9-10,13-14H2,1H3,(H,27,29)(H,28,32);2-10,15-16H,11-14H2,1H3,(H,25,26,27);1-10,15H,11-14H2,(H,25,29)(H,23,24,26);6*1H/t17-;16-;;;;;;;/m11......./s1. The van der Waals surface area contributed by atoms with Crippen LogP contribution in [0.2, 0.25) is 10.0 Å². The molecule has 0 radical (unpaired) electrons. The molecular formula is C69H82Cl2FN17O9S5. The van der Waals surface area contributed by atoms with Gasteiger partial charge in [0.25, 0.3) is 30.1 Å². The quantitative estimate of drug-likeness (QED) is 0.0533. The van der Waals surface area contributed by atoms with Crippen molar-refractivity contribution in [2.24, 2.45) is 0 Å². The molecule has 6 aromatic carbocycles. The lowest BCUT2D eigenvalue weighted by molar-refractivity contribution is -0.134. The third-order valence-corrected chi connectivity index (χ3v) is 23.9. The van der Waals surface area contributed by atoms with Gasteiger partial charge in [0.05, 0.1) is 41.5 Å². The molecule has 2 atom stereocenters. The molecule has 5 aromatic heterocycles. The van der Waals surface area contributed by atoms with E-state index in [1.54, 1.807) is 130 Å². The molecule has 4 amide bonds. The predicted octanol–water partition coefficient (Wildman–Crippen LogP) is 12.8. The molecule has 3 fully saturated rings. The number of thiazole rings is 1. The number of halogens is 3. The normalized spacial score (nSPS) is 15.5. The van der Waals surface area contributed by atoms with Crippen molar-refractivity contribution in [3.8, 4) is 0 Å². The number of amides is 4. The maximum atomic E-state index is 14.0. The van der Waals surface area contributed by atoms with Crippen LogP contribution in [-0.4, -0.2) is 157 Å². The van der Waals surface area contributed by atoms with Gasteiger partial charge in [-0.1, -0.05) is 53.5 Å². The number of hydrogen-bond donors (Lipinski definition) is 5. The Morgan fingerprint density at radius 3 is 1.84 bits per heavy atom. The molecular weight excluding hydrogens is 1460 g/mol. The van der Waals surface area contributed by atoms with Crippen LogP contribution in [0.5, 0.6) is 0 Å². The second-order valence-corrected chi connectivity index (χ2v) is 31.7. The first-order valence-corrected chi connectivity index (χ1v) is 39.4. The number of piperidine rings is 1. The number of hydrogen-bond acceptors (Lipinski definition) is 19. The molecule has 548 valence electrons. The van der Waals surface area contributed by atoms with Crippen molar-refractivity contribution in [3.05, 3.63) is 210 Å². The van der Waals surface area contributed by atoms with Crippen molar-refractivity contribution >= 4 is 155 Å². The number of fused-ring (bicyclic) bond motifs is 2. The molecule has 5 N–H and O–H groups in total. The molecule has 0 saturated carbocycles. The van der Waals surface area contributed by atoms with E-state index in [1.165, 1.54) is 42.3 Å². The lowest BCUT2D eigenvalue weighted by atomic mass is 10.0. The first-order chi connectivity index (χ1) is 49.5. The molecule has 8 heterocycles. The van der Waals surface area contributed by atoms with E-state index in [1.807, 2.05) is 65.9 Å². The summed E-state index contributed by atoms with van der Waals surface area (Å²) in [5.74, 6) is -0.154. The van der Waals surface area contributed by atoms with Gasteiger partial charge in [0.1, 0.15) is 36.9 Å². The van der Waals surface area contributed by atoms with Gasteiger partial charge in [-0.3, -0.25) is 23.8 Å². The minimum absolute atomic E-state index is 0. The Bertz CT molecular complexity index is 5150. The van der Waals surface area contributed by atoms with Gasteiger partial charge in [-0.2, -0.15) is 4.37 Å². The van der Waals surface area contributed by atoms with Crippen molar-refractivity contribution in [1.82, 2.24) is 48.6 Å². The topological polar surface area (TPSA) is 304 Å². The Hall–Kier alpha value is -9.96. The first kappa shape index (κ1) is 72.8. The van der Waals surface area contributed by atoms with E-state index < -0.39 is 36.1 Å². The van der Waals surface area contributed by atoms with E-state index in [0.29, 0.717) is 77.6 Å². The smallest absolute Gasteiger partial charge is 0.322 e. The summed E-state index contributed by atoms with van der Waals surface area (Å²) in [7, 11) is -11.2. The molecule has 0 unspecified atom stereocenters. The number of rotatable bonds is 18. The van der Waals surface area contributed by atoms with E-state index in [9.17, 15) is 44.0 Å². The Kier molecular flexibility index (Phi) is 22.7. The summed E-state index contributed by atoms with van der Waals surface area (Å²) in [6.45, 7) is 9.73. The average molecular weight is 1540 g/mol. The van der Waals surface area contributed by atoms with Crippen molar-refractivity contribution in [2.45, 2.75) is 66.0 Å². The molecule has 14 rings (SSSR count). The minimum Gasteiger partial charge on any atom is -0.371 e. The van der Waals surface area contributed by atoms with Gasteiger partial charge in [0.2, 0.25) is 16.9 Å². The number of carbonyl (C=O) groups is 3. The Morgan fingerprint density at radius 2 is 1.23 bits per heavy atom. The molecule has 0 aliphatic carbocycles. The van der Waals surface area contributed by atoms with Crippen LogP contribution in [-0.2, 0) is 46.2 Å². The lowest BCUT2D eigenvalue weighted by Gasteiger charge is -2.41. The molecule has 26 nitrogen and oxygen atoms in total. The van der Waals surface area contributed by atoms with Gasteiger partial charge in [0, 0.05) is 149 Å². The van der Waals surface area contributed by atoms with E-state index >= 15 is 0 Å². The molecule has 11 aromatic rings. The highest BCUT2D eigenvalue weighted by molar-refractivity contribution is 7.93. The molecule has 103 heavy (non-hydrogen) atoms. The zero-order valence-corrected chi connectivity index (χ0v) is 61.0. The number of nitrogens with zero attached hydrogens (tertiary/aromatic N) is 12. The summed E-state index contributed by atoms with van der Waals surface area (Å²) in [6, 6.07) is 42.3. The van der Waals surface area contributed by atoms with Gasteiger partial charge in [0.15, 0.2) is 5.13 Å². The Balaban J connectivity index is 0.000000249. The number of nitrogens with one attached hydrogen (secondary N) is 5. The highest BCUT2D eigenvalue weighted by atomic mass is 35.5. The fourth-order valence-corrected chi connectivity index (χ4v) is 17.1. The van der Waals surface area contributed by atoms with Crippen molar-refractivity contribution in [1.29, 1.82) is 0 Å². The molecule has 3 aliphatic rings. The minimum atomic E-state index is -3.74. The van der Waals surface area contributed by atoms with Crippen LogP contribution in [0, 0.1) is 5.82 Å². The molecule has 0 spiro atoms. The molecule has 0 bridgehead atoms. The van der Waals surface area contributed by atoms with E-state index in [0.717, 1.165) is 65.4 Å². The van der Waals surface area contributed by atoms with Crippen LogP contribution in [0.25, 0.3) is 21.8 Å². The van der Waals surface area contributed by atoms with Crippen LogP contribution in [0.3, 0.4) is 0 Å². The highest BCUT2D eigenvalue weighted by Gasteiger charge is 2.30. The summed E-state index contributed by atoms with van der Waals surface area (Å²) >= 11 is 14.7. The number of benzene rings is 6. The first-order valence-electron chi connectivity index (χ1n) is 32.5. The summed E-state index contributed by atoms with van der Waals surface area (Å²) in [5.41, 5.74) is 4.86. The number of anilines is 7. The van der Waals surface area contributed by atoms with Crippen molar-refractivity contribution in [3.63, 3.8) is 0 Å². The fraction of sp³-hybridized carbons (Fsp3) is 0.246. The van der Waals surface area contributed by atoms with Crippen LogP contribution in [0.15, 0.2) is 209 Å². The summed E-state index contributed by atoms with van der Waals surface area (Å²) < 4.78 is 104. The summed E-state index contributed by atoms with van der Waals surface area (Å²) in [5, 5.41) is 10.8. The van der Waals surface area contributed by atoms with Crippen LogP contribution in [0.1, 0.15) is 41.3 Å². The predicted molar refractivity (Wildman–Crippen MR) is 413 cm³/mol. The molecule has 3 aliphatic heterocycles. The van der Waals surface area contributed by atoms with Gasteiger partial charge in [-0.25, -0.2) is 54.4 Å². The van der Waals surface area contributed by atoms with Crippen LogP contribution < -0.4 is 39.5 Å². The summed E-state index contributed by atoms with van der Waals surface area (Å²) in [6.07, 6.45) is 10.8. The number of sulfonamides is 3. The second-order valence-electron chi connectivity index (χ2n) is 24.2. The number of para-hydroxylation sites is 2. The third kappa shape index (κ3) is 17.7. The number of carbonyl (C=O) groups excluding carboxylic acids is 3. The maximum Gasteiger partial charge on any atom is 0.322 e. The van der Waals surface area contributed by atoms with Gasteiger partial charge in [-0.05, 0) is 148 Å².